The van der Waals surface area contributed by atoms with Gasteiger partial charge in [0.15, 0.2) is 0 Å². The number of fused-ring (bicyclic) bond motifs is 1. The summed E-state index contributed by atoms with van der Waals surface area (Å²) in [5.74, 6) is 1.17. The van der Waals surface area contributed by atoms with Gasteiger partial charge in [-0.25, -0.2) is 4.99 Å². The Bertz CT molecular complexity index is 181. The first kappa shape index (κ1) is 5.03. The molecule has 1 saturated heterocycles. The standard InChI is InChI=1S/C7H10N2/c1-5-3-8-6(2)9-4-7(5)9/h3,7H,4H2,1-2H3. The molecule has 1 unspecified atom stereocenters. The molecule has 2 aliphatic rings. The largest absolute Gasteiger partial charge is 0.349 e. The zero-order valence-corrected chi connectivity index (χ0v) is 5.76. The Balaban J connectivity index is 2.33. The number of amidine groups is 1. The monoisotopic (exact) mass is 122 g/mol. The van der Waals surface area contributed by atoms with Gasteiger partial charge in [-0.05, 0) is 19.4 Å². The quantitative estimate of drug-likeness (QED) is 0.438. The lowest BCUT2D eigenvalue weighted by atomic mass is 10.2. The second-order valence-electron chi connectivity index (χ2n) is 2.72. The molecule has 2 heterocycles. The predicted molar refractivity (Wildman–Crippen MR) is 37.4 cm³/mol. The van der Waals surface area contributed by atoms with Crippen LogP contribution in [0.4, 0.5) is 0 Å². The third kappa shape index (κ3) is 0.590. The number of rotatable bonds is 0. The summed E-state index contributed by atoms with van der Waals surface area (Å²) in [5, 5.41) is 0. The molecule has 0 aromatic rings. The van der Waals surface area contributed by atoms with E-state index in [2.05, 4.69) is 23.7 Å². The number of aliphatic imine (C=N–C) groups is 1. The van der Waals surface area contributed by atoms with Crippen molar-refractivity contribution in [3.05, 3.63) is 11.8 Å². The molecule has 0 aromatic carbocycles. The van der Waals surface area contributed by atoms with Crippen molar-refractivity contribution in [2.75, 3.05) is 6.54 Å². The molecule has 0 bridgehead atoms. The van der Waals surface area contributed by atoms with E-state index in [-0.39, 0.29) is 0 Å². The van der Waals surface area contributed by atoms with Gasteiger partial charge in [0, 0.05) is 12.7 Å². The highest BCUT2D eigenvalue weighted by atomic mass is 15.4. The summed E-state index contributed by atoms with van der Waals surface area (Å²) in [5.41, 5.74) is 1.40. The first-order valence-electron chi connectivity index (χ1n) is 3.27. The maximum absolute atomic E-state index is 4.21. The Kier molecular flexibility index (Phi) is 0.770. The molecule has 0 radical (unpaired) electrons. The van der Waals surface area contributed by atoms with Crippen LogP contribution < -0.4 is 0 Å². The van der Waals surface area contributed by atoms with E-state index in [1.807, 2.05) is 6.20 Å². The van der Waals surface area contributed by atoms with Crippen LogP contribution in [0.2, 0.25) is 0 Å². The summed E-state index contributed by atoms with van der Waals surface area (Å²) >= 11 is 0. The summed E-state index contributed by atoms with van der Waals surface area (Å²) < 4.78 is 0. The van der Waals surface area contributed by atoms with Gasteiger partial charge in [0.1, 0.15) is 5.84 Å². The maximum Gasteiger partial charge on any atom is 0.102 e. The Hall–Kier alpha value is -0.790. The number of hydrogen-bond acceptors (Lipinski definition) is 2. The van der Waals surface area contributed by atoms with Crippen molar-refractivity contribution < 1.29 is 0 Å². The minimum Gasteiger partial charge on any atom is -0.349 e. The van der Waals surface area contributed by atoms with E-state index in [0.29, 0.717) is 6.04 Å². The summed E-state index contributed by atoms with van der Waals surface area (Å²) in [6.07, 6.45) is 1.98. The first-order chi connectivity index (χ1) is 4.29. The fourth-order valence-electron chi connectivity index (χ4n) is 1.24. The summed E-state index contributed by atoms with van der Waals surface area (Å²) in [6.45, 7) is 5.39. The van der Waals surface area contributed by atoms with Gasteiger partial charge in [-0.1, -0.05) is 0 Å². The van der Waals surface area contributed by atoms with E-state index in [9.17, 15) is 0 Å². The van der Waals surface area contributed by atoms with Gasteiger partial charge >= 0.3 is 0 Å². The van der Waals surface area contributed by atoms with Crippen molar-refractivity contribution in [2.45, 2.75) is 19.9 Å². The molecular formula is C7H10N2. The molecule has 2 rings (SSSR count). The van der Waals surface area contributed by atoms with Crippen LogP contribution in [-0.4, -0.2) is 23.3 Å². The van der Waals surface area contributed by atoms with Crippen LogP contribution >= 0.6 is 0 Å². The van der Waals surface area contributed by atoms with E-state index in [1.165, 1.54) is 18.0 Å². The van der Waals surface area contributed by atoms with Gasteiger partial charge in [-0.2, -0.15) is 0 Å². The third-order valence-corrected chi connectivity index (χ3v) is 2.01. The molecule has 0 amide bonds. The molecule has 2 nitrogen and oxygen atoms in total. The minimum absolute atomic E-state index is 0.711. The topological polar surface area (TPSA) is 15.4 Å². The number of hydrogen-bond donors (Lipinski definition) is 0. The lowest BCUT2D eigenvalue weighted by Crippen LogP contribution is -2.12. The van der Waals surface area contributed by atoms with Crippen LogP contribution in [-0.2, 0) is 0 Å². The molecule has 0 aromatic heterocycles. The van der Waals surface area contributed by atoms with E-state index < -0.39 is 0 Å². The van der Waals surface area contributed by atoms with Gasteiger partial charge in [0.2, 0.25) is 0 Å². The molecular weight excluding hydrogens is 112 g/mol. The van der Waals surface area contributed by atoms with Crippen molar-refractivity contribution >= 4 is 5.84 Å². The first-order valence-corrected chi connectivity index (χ1v) is 3.27. The maximum atomic E-state index is 4.21. The zero-order valence-electron chi connectivity index (χ0n) is 5.76. The molecule has 48 valence electrons. The lowest BCUT2D eigenvalue weighted by molar-refractivity contribution is 0.754. The summed E-state index contributed by atoms with van der Waals surface area (Å²) in [6, 6.07) is 0.711. The van der Waals surface area contributed by atoms with Gasteiger partial charge in [0.25, 0.3) is 0 Å². The van der Waals surface area contributed by atoms with Gasteiger partial charge in [-0.15, -0.1) is 0 Å². The van der Waals surface area contributed by atoms with E-state index in [4.69, 9.17) is 0 Å². The van der Waals surface area contributed by atoms with Crippen LogP contribution in [0.15, 0.2) is 16.8 Å². The molecule has 1 fully saturated rings. The second-order valence-corrected chi connectivity index (χ2v) is 2.72. The highest BCUT2D eigenvalue weighted by molar-refractivity contribution is 5.84. The highest BCUT2D eigenvalue weighted by Crippen LogP contribution is 2.28. The Morgan fingerprint density at radius 1 is 1.67 bits per heavy atom. The molecule has 0 spiro atoms. The molecule has 0 N–H and O–H groups in total. The van der Waals surface area contributed by atoms with Crippen LogP contribution in [0.1, 0.15) is 13.8 Å². The molecule has 0 saturated carbocycles. The van der Waals surface area contributed by atoms with E-state index >= 15 is 0 Å². The van der Waals surface area contributed by atoms with Crippen molar-refractivity contribution in [1.82, 2.24) is 4.90 Å². The molecule has 1 atom stereocenters. The van der Waals surface area contributed by atoms with Crippen molar-refractivity contribution in [3.8, 4) is 0 Å². The minimum atomic E-state index is 0.711. The Labute approximate surface area is 54.9 Å². The van der Waals surface area contributed by atoms with Crippen LogP contribution in [0, 0.1) is 0 Å². The number of nitrogens with zero attached hydrogens (tertiary/aromatic N) is 2. The molecule has 9 heavy (non-hydrogen) atoms. The SMILES string of the molecule is CC1=CN=C(C)N2CC12. The van der Waals surface area contributed by atoms with Crippen molar-refractivity contribution in [1.29, 1.82) is 0 Å². The molecule has 2 aliphatic heterocycles. The highest BCUT2D eigenvalue weighted by Gasteiger charge is 2.37. The lowest BCUT2D eigenvalue weighted by Gasteiger charge is -2.07. The van der Waals surface area contributed by atoms with Crippen LogP contribution in [0.3, 0.4) is 0 Å². The van der Waals surface area contributed by atoms with Crippen molar-refractivity contribution in [3.63, 3.8) is 0 Å². The third-order valence-electron chi connectivity index (χ3n) is 2.01. The van der Waals surface area contributed by atoms with Gasteiger partial charge in [-0.3, -0.25) is 0 Å². The van der Waals surface area contributed by atoms with Crippen LogP contribution in [0.25, 0.3) is 0 Å². The van der Waals surface area contributed by atoms with E-state index in [1.54, 1.807) is 0 Å². The smallest absolute Gasteiger partial charge is 0.102 e. The average molecular weight is 122 g/mol. The molecule has 2 heteroatoms. The molecule has 0 aliphatic carbocycles. The second kappa shape index (κ2) is 1.38. The Morgan fingerprint density at radius 3 is 3.11 bits per heavy atom. The van der Waals surface area contributed by atoms with Gasteiger partial charge < -0.3 is 4.90 Å². The van der Waals surface area contributed by atoms with Crippen molar-refractivity contribution in [2.24, 2.45) is 4.99 Å². The normalized spacial score (nSPS) is 30.9. The van der Waals surface area contributed by atoms with Gasteiger partial charge in [0.05, 0.1) is 6.04 Å². The van der Waals surface area contributed by atoms with Crippen LogP contribution in [0.5, 0.6) is 0 Å². The van der Waals surface area contributed by atoms with E-state index in [0.717, 1.165) is 0 Å². The summed E-state index contributed by atoms with van der Waals surface area (Å²) in [4.78, 5) is 6.52. The average Bonchev–Trinajstić information content (AvgIpc) is 2.57. The summed E-state index contributed by atoms with van der Waals surface area (Å²) in [7, 11) is 0. The zero-order chi connectivity index (χ0) is 6.43. The fraction of sp³-hybridized carbons (Fsp3) is 0.571. The Morgan fingerprint density at radius 2 is 2.44 bits per heavy atom. The predicted octanol–water partition coefficient (Wildman–Crippen LogP) is 1.01. The fourth-order valence-corrected chi connectivity index (χ4v) is 1.24.